The van der Waals surface area contributed by atoms with Crippen LogP contribution < -0.4 is 21.1 Å². The van der Waals surface area contributed by atoms with Crippen molar-refractivity contribution < 1.29 is 4.74 Å². The number of nitrogens with one attached hydrogen (secondary N) is 2. The highest BCUT2D eigenvalue weighted by Crippen LogP contribution is 2.24. The van der Waals surface area contributed by atoms with Gasteiger partial charge in [0, 0.05) is 18.4 Å². The number of aromatic nitrogens is 4. The zero-order chi connectivity index (χ0) is 18.5. The zero-order valence-electron chi connectivity index (χ0n) is 15.0. The van der Waals surface area contributed by atoms with Crippen molar-refractivity contribution >= 4 is 28.8 Å². The number of nitrogens with two attached hydrogens (primary N) is 1. The molecule has 0 atom stereocenters. The first-order valence-electron chi connectivity index (χ1n) is 8.15. The lowest BCUT2D eigenvalue weighted by atomic mass is 10.2. The van der Waals surface area contributed by atoms with E-state index in [1.54, 1.807) is 19.5 Å². The van der Waals surface area contributed by atoms with Gasteiger partial charge in [-0.3, -0.25) is 4.68 Å². The van der Waals surface area contributed by atoms with Gasteiger partial charge in [-0.15, -0.1) is 0 Å². The Morgan fingerprint density at radius 1 is 1.12 bits per heavy atom. The van der Waals surface area contributed by atoms with Gasteiger partial charge in [0.05, 0.1) is 30.9 Å². The lowest BCUT2D eigenvalue weighted by Gasteiger charge is -2.10. The molecule has 0 amide bonds. The van der Waals surface area contributed by atoms with Gasteiger partial charge in [-0.05, 0) is 30.2 Å². The van der Waals surface area contributed by atoms with Crippen LogP contribution in [0.4, 0.5) is 28.8 Å². The Balaban J connectivity index is 1.73. The van der Waals surface area contributed by atoms with Crippen molar-refractivity contribution in [2.24, 2.45) is 0 Å². The molecule has 0 aliphatic carbocycles. The van der Waals surface area contributed by atoms with Crippen LogP contribution in [0.5, 0.6) is 5.75 Å². The van der Waals surface area contributed by atoms with E-state index in [0.29, 0.717) is 17.5 Å². The van der Waals surface area contributed by atoms with Gasteiger partial charge in [0.15, 0.2) is 5.82 Å². The molecule has 1 aromatic carbocycles. The highest BCUT2D eigenvalue weighted by atomic mass is 16.5. The largest absolute Gasteiger partial charge is 0.497 e. The van der Waals surface area contributed by atoms with Crippen LogP contribution in [-0.2, 0) is 6.54 Å². The number of hydrogen-bond donors (Lipinski definition) is 3. The molecule has 8 nitrogen and oxygen atoms in total. The van der Waals surface area contributed by atoms with E-state index in [9.17, 15) is 0 Å². The molecule has 0 saturated carbocycles. The molecule has 1 radical (unpaired) electrons. The molecule has 135 valence electrons. The minimum absolute atomic E-state index is 0.437. The summed E-state index contributed by atoms with van der Waals surface area (Å²) in [7, 11) is 1.63. The highest BCUT2D eigenvalue weighted by molar-refractivity contribution is 5.70. The highest BCUT2D eigenvalue weighted by Gasteiger charge is 2.07. The van der Waals surface area contributed by atoms with E-state index in [2.05, 4.69) is 39.5 Å². The summed E-state index contributed by atoms with van der Waals surface area (Å²) in [5.74, 6) is 3.02. The third-order valence-corrected chi connectivity index (χ3v) is 3.54. The number of rotatable bonds is 7. The maximum atomic E-state index is 5.99. The number of benzene rings is 1. The molecule has 0 bridgehead atoms. The number of hydrogen-bond acceptors (Lipinski definition) is 7. The second kappa shape index (κ2) is 7.73. The predicted molar refractivity (Wildman–Crippen MR) is 103 cm³/mol. The number of anilines is 5. The van der Waals surface area contributed by atoms with Crippen LogP contribution in [0.1, 0.15) is 13.8 Å². The summed E-state index contributed by atoms with van der Waals surface area (Å²) in [5, 5.41) is 10.6. The van der Waals surface area contributed by atoms with Crippen molar-refractivity contribution in [2.45, 2.75) is 20.4 Å². The molecule has 8 heteroatoms. The SMILES string of the molecule is COc1ccc(Nc2nc(Nc3cnn(C[C](C)C)c3)ncc2N)cc1. The fraction of sp³-hybridized carbons (Fsp3) is 0.222. The third kappa shape index (κ3) is 4.41. The average molecular weight is 352 g/mol. The molecule has 0 aliphatic heterocycles. The zero-order valence-corrected chi connectivity index (χ0v) is 15.0. The maximum absolute atomic E-state index is 5.99. The van der Waals surface area contributed by atoms with Crippen molar-refractivity contribution in [3.8, 4) is 5.75 Å². The van der Waals surface area contributed by atoms with Crippen LogP contribution >= 0.6 is 0 Å². The van der Waals surface area contributed by atoms with Crippen molar-refractivity contribution in [2.75, 3.05) is 23.5 Å². The maximum Gasteiger partial charge on any atom is 0.229 e. The summed E-state index contributed by atoms with van der Waals surface area (Å²) in [6, 6.07) is 7.50. The summed E-state index contributed by atoms with van der Waals surface area (Å²) < 4.78 is 7.01. The molecule has 3 rings (SSSR count). The summed E-state index contributed by atoms with van der Waals surface area (Å²) in [6.07, 6.45) is 5.21. The van der Waals surface area contributed by atoms with Crippen molar-refractivity contribution in [1.29, 1.82) is 0 Å². The Morgan fingerprint density at radius 2 is 1.88 bits per heavy atom. The van der Waals surface area contributed by atoms with Gasteiger partial charge in [0.25, 0.3) is 0 Å². The van der Waals surface area contributed by atoms with Gasteiger partial charge in [0.1, 0.15) is 5.75 Å². The van der Waals surface area contributed by atoms with Crippen molar-refractivity contribution in [3.63, 3.8) is 0 Å². The Labute approximate surface area is 152 Å². The Bertz CT molecular complexity index is 858. The van der Waals surface area contributed by atoms with E-state index in [1.807, 2.05) is 35.1 Å². The fourth-order valence-electron chi connectivity index (χ4n) is 2.33. The molecule has 0 unspecified atom stereocenters. The van der Waals surface area contributed by atoms with E-state index < -0.39 is 0 Å². The minimum Gasteiger partial charge on any atom is -0.497 e. The first-order chi connectivity index (χ1) is 12.5. The lowest BCUT2D eigenvalue weighted by Crippen LogP contribution is -2.04. The minimum atomic E-state index is 0.437. The molecule has 0 fully saturated rings. The lowest BCUT2D eigenvalue weighted by molar-refractivity contribution is 0.415. The van der Waals surface area contributed by atoms with Gasteiger partial charge in [-0.25, -0.2) is 4.98 Å². The van der Waals surface area contributed by atoms with Crippen LogP contribution in [-0.4, -0.2) is 26.9 Å². The number of methoxy groups -OCH3 is 1. The first kappa shape index (κ1) is 17.5. The van der Waals surface area contributed by atoms with Gasteiger partial charge in [0.2, 0.25) is 5.95 Å². The van der Waals surface area contributed by atoms with Crippen LogP contribution in [0, 0.1) is 5.92 Å². The normalized spacial score (nSPS) is 10.8. The Hall–Kier alpha value is -3.29. The summed E-state index contributed by atoms with van der Waals surface area (Å²) in [6.45, 7) is 4.90. The molecular formula is C18H22N7O. The van der Waals surface area contributed by atoms with Gasteiger partial charge >= 0.3 is 0 Å². The predicted octanol–water partition coefficient (Wildman–Crippen LogP) is 3.37. The molecule has 0 aliphatic rings. The molecule has 2 heterocycles. The van der Waals surface area contributed by atoms with Gasteiger partial charge < -0.3 is 21.1 Å². The second-order valence-corrected chi connectivity index (χ2v) is 6.11. The Kier molecular flexibility index (Phi) is 5.21. The van der Waals surface area contributed by atoms with Gasteiger partial charge in [-0.1, -0.05) is 13.8 Å². The summed E-state index contributed by atoms with van der Waals surface area (Å²) in [5.41, 5.74) is 8.11. The van der Waals surface area contributed by atoms with Gasteiger partial charge in [-0.2, -0.15) is 10.1 Å². The number of ether oxygens (including phenoxy) is 1. The monoisotopic (exact) mass is 352 g/mol. The average Bonchev–Trinajstić information content (AvgIpc) is 3.04. The molecule has 3 aromatic rings. The smallest absolute Gasteiger partial charge is 0.229 e. The molecule has 0 spiro atoms. The third-order valence-electron chi connectivity index (χ3n) is 3.54. The van der Waals surface area contributed by atoms with Crippen LogP contribution in [0.2, 0.25) is 0 Å². The number of nitrogens with zero attached hydrogens (tertiary/aromatic N) is 4. The van der Waals surface area contributed by atoms with E-state index in [4.69, 9.17) is 10.5 Å². The standard InChI is InChI=1S/C18H22N7O/c1-12(2)10-25-11-14(8-21-25)23-18-20-9-16(19)17(24-18)22-13-4-6-15(26-3)7-5-13/h4-9,11H,10,19H2,1-3H3,(H2,20,22,23,24). The molecular weight excluding hydrogens is 330 g/mol. The van der Waals surface area contributed by atoms with Crippen LogP contribution in [0.15, 0.2) is 42.9 Å². The Morgan fingerprint density at radius 3 is 2.58 bits per heavy atom. The van der Waals surface area contributed by atoms with E-state index >= 15 is 0 Å². The van der Waals surface area contributed by atoms with E-state index in [0.717, 1.165) is 23.7 Å². The first-order valence-corrected chi connectivity index (χ1v) is 8.15. The quantitative estimate of drug-likeness (QED) is 0.599. The summed E-state index contributed by atoms with van der Waals surface area (Å²) in [4.78, 5) is 8.67. The molecule has 2 aromatic heterocycles. The second-order valence-electron chi connectivity index (χ2n) is 6.11. The van der Waals surface area contributed by atoms with E-state index in [1.165, 1.54) is 5.92 Å². The molecule has 26 heavy (non-hydrogen) atoms. The number of nitrogen functional groups attached to an aromatic ring is 1. The van der Waals surface area contributed by atoms with Crippen LogP contribution in [0.25, 0.3) is 0 Å². The molecule has 4 N–H and O–H groups in total. The van der Waals surface area contributed by atoms with Crippen LogP contribution in [0.3, 0.4) is 0 Å². The topological polar surface area (TPSA) is 103 Å². The fourth-order valence-corrected chi connectivity index (χ4v) is 2.33. The van der Waals surface area contributed by atoms with Crippen molar-refractivity contribution in [3.05, 3.63) is 48.8 Å². The van der Waals surface area contributed by atoms with E-state index in [-0.39, 0.29) is 0 Å². The van der Waals surface area contributed by atoms with Crippen molar-refractivity contribution in [1.82, 2.24) is 19.7 Å². The summed E-state index contributed by atoms with van der Waals surface area (Å²) >= 11 is 0. The molecule has 0 saturated heterocycles.